The maximum Gasteiger partial charge on any atom is -1.00 e. The van der Waals surface area contributed by atoms with Crippen LogP contribution in [-0.2, 0) is 19.2 Å². The molecule has 108 valence electrons. The van der Waals surface area contributed by atoms with E-state index in [9.17, 15) is 0 Å². The van der Waals surface area contributed by atoms with Gasteiger partial charge < -0.3 is 24.8 Å². The first-order chi connectivity index (χ1) is 9.08. The monoisotopic (exact) mass is 353 g/mol. The van der Waals surface area contributed by atoms with Crippen LogP contribution in [0.5, 0.6) is 0 Å². The number of fused-ring (bicyclic) bond motifs is 1. The zero-order valence-electron chi connectivity index (χ0n) is 12.3. The molecule has 0 fully saturated rings. The van der Waals surface area contributed by atoms with Crippen LogP contribution in [0.3, 0.4) is 0 Å². The summed E-state index contributed by atoms with van der Waals surface area (Å²) in [6, 6.07) is 8.62. The Kier molecular flexibility index (Phi) is 6.13. The number of allylic oxidation sites excluding steroid dienone is 1. The van der Waals surface area contributed by atoms with Crippen molar-refractivity contribution < 1.29 is 44.0 Å². The Labute approximate surface area is 147 Å². The van der Waals surface area contributed by atoms with E-state index >= 15 is 0 Å². The maximum atomic E-state index is 4.23. The fourth-order valence-corrected chi connectivity index (χ4v) is 4.82. The van der Waals surface area contributed by atoms with Gasteiger partial charge in [-0.25, -0.2) is 0 Å². The second kappa shape index (κ2) is 7.02. The van der Waals surface area contributed by atoms with Gasteiger partial charge in [0.1, 0.15) is 0 Å². The summed E-state index contributed by atoms with van der Waals surface area (Å²) in [5.74, 6) is 0. The van der Waals surface area contributed by atoms with Gasteiger partial charge in [0.2, 0.25) is 0 Å². The van der Waals surface area contributed by atoms with E-state index in [2.05, 4.69) is 62.7 Å². The molecule has 0 aliphatic heterocycles. The second-order valence-electron chi connectivity index (χ2n) is 5.13. The summed E-state index contributed by atoms with van der Waals surface area (Å²) in [5, 5.41) is 2.71. The number of nitrogens with one attached hydrogen (secondary N) is 1. The average Bonchev–Trinajstić information content (AvgIpc) is 2.83. The zero-order valence-corrected chi connectivity index (χ0v) is 15.4. The van der Waals surface area contributed by atoms with Gasteiger partial charge in [0, 0.05) is 0 Å². The smallest absolute Gasteiger partial charge is 1.00 e. The summed E-state index contributed by atoms with van der Waals surface area (Å²) in [6.45, 7) is 10.8. The molecule has 0 unspecified atom stereocenters. The Morgan fingerprint density at radius 1 is 1.00 bits per heavy atom. The molecule has 1 N–H and O–H groups in total. The van der Waals surface area contributed by atoms with Crippen molar-refractivity contribution in [3.63, 3.8) is 0 Å². The first kappa shape index (κ1) is 18.3. The number of H-pyrrole nitrogens is 1. The Morgan fingerprint density at radius 2 is 1.67 bits per heavy atom. The third-order valence-corrected chi connectivity index (χ3v) is 6.43. The number of aromatic nitrogens is 1. The van der Waals surface area contributed by atoms with E-state index in [-0.39, 0.29) is 44.0 Å². The molecule has 0 radical (unpaired) electrons. The van der Waals surface area contributed by atoms with Gasteiger partial charge in [-0.1, -0.05) is 0 Å². The Balaban J connectivity index is 0.00000110. The maximum absolute atomic E-state index is 4.23. The molecule has 1 aromatic carbocycles. The van der Waals surface area contributed by atoms with Crippen LogP contribution in [-0.4, -0.2) is 4.98 Å². The van der Waals surface area contributed by atoms with Crippen molar-refractivity contribution in [2.45, 2.75) is 20.8 Å². The van der Waals surface area contributed by atoms with Crippen molar-refractivity contribution in [1.29, 1.82) is 0 Å². The van der Waals surface area contributed by atoms with Crippen LogP contribution in [0, 0.1) is 20.8 Å². The van der Waals surface area contributed by atoms with Gasteiger partial charge in [0.25, 0.3) is 0 Å². The van der Waals surface area contributed by atoms with Crippen LogP contribution < -0.4 is 39.3 Å². The first-order valence-corrected chi connectivity index (χ1v) is 8.07. The molecule has 0 spiro atoms. The second-order valence-corrected chi connectivity index (χ2v) is 7.08. The average molecular weight is 354 g/mol. The molecule has 0 saturated carbocycles. The summed E-state index contributed by atoms with van der Waals surface area (Å²) in [7, 11) is 0. The zero-order chi connectivity index (χ0) is 13.6. The third-order valence-electron chi connectivity index (χ3n) is 3.94. The van der Waals surface area contributed by atoms with Crippen molar-refractivity contribution in [3.05, 3.63) is 63.7 Å². The molecule has 1 nitrogen and oxygen atoms in total. The number of aryl methyl sites for hydroxylation is 1. The quantitative estimate of drug-likeness (QED) is 0.527. The number of halogens is 2. The summed E-state index contributed by atoms with van der Waals surface area (Å²) in [6.07, 6.45) is 2.21. The summed E-state index contributed by atoms with van der Waals surface area (Å²) in [5.41, 5.74) is 5.34. The minimum atomic E-state index is -0.348. The Morgan fingerprint density at radius 3 is 2.29 bits per heavy atom. The van der Waals surface area contributed by atoms with Crippen LogP contribution in [0.15, 0.2) is 36.4 Å². The van der Waals surface area contributed by atoms with Gasteiger partial charge in [-0.05, 0) is 0 Å². The molecular formula is C17H17Cl2NTi. The SMILES string of the molecule is C=C1C=c2ccccc2=[C]1[Ti+2][c]1[nH]c(C)c(C)c1C.[Cl-].[Cl-]. The van der Waals surface area contributed by atoms with E-state index < -0.39 is 0 Å². The molecule has 4 heteroatoms. The summed E-state index contributed by atoms with van der Waals surface area (Å²) in [4.78, 5) is 3.57. The third kappa shape index (κ3) is 3.22. The van der Waals surface area contributed by atoms with Gasteiger partial charge in [0.15, 0.2) is 0 Å². The molecule has 0 atom stereocenters. The molecular weight excluding hydrogens is 337 g/mol. The molecule has 0 amide bonds. The Hall–Kier alpha value is -0.726. The molecule has 1 aliphatic carbocycles. The van der Waals surface area contributed by atoms with E-state index in [4.69, 9.17) is 0 Å². The fraction of sp³-hybridized carbons (Fsp3) is 0.176. The van der Waals surface area contributed by atoms with Crippen molar-refractivity contribution in [2.24, 2.45) is 0 Å². The van der Waals surface area contributed by atoms with Crippen molar-refractivity contribution in [1.82, 2.24) is 4.98 Å². The van der Waals surface area contributed by atoms with E-state index in [0.717, 1.165) is 0 Å². The molecule has 1 aliphatic rings. The van der Waals surface area contributed by atoms with Gasteiger partial charge in [0.05, 0.1) is 0 Å². The number of hydrogen-bond acceptors (Lipinski definition) is 0. The normalized spacial score (nSPS) is 12.0. The predicted octanol–water partition coefficient (Wildman–Crippen LogP) is -4.19. The molecule has 3 rings (SSSR count). The van der Waals surface area contributed by atoms with E-state index in [1.165, 1.54) is 40.7 Å². The minimum Gasteiger partial charge on any atom is -1.00 e. The van der Waals surface area contributed by atoms with Crippen LogP contribution in [0.2, 0.25) is 0 Å². The molecule has 1 aromatic heterocycles. The number of benzene rings is 1. The predicted molar refractivity (Wildman–Crippen MR) is 77.3 cm³/mol. The topological polar surface area (TPSA) is 15.8 Å². The van der Waals surface area contributed by atoms with Crippen LogP contribution in [0.4, 0.5) is 0 Å². The van der Waals surface area contributed by atoms with Crippen LogP contribution in [0.25, 0.3) is 9.95 Å². The molecule has 0 saturated heterocycles. The van der Waals surface area contributed by atoms with E-state index in [1.54, 1.807) is 0 Å². The number of hydrogen-bond donors (Lipinski definition) is 1. The van der Waals surface area contributed by atoms with Crippen molar-refractivity contribution >= 4 is 14.0 Å². The van der Waals surface area contributed by atoms with E-state index in [1.807, 2.05) is 0 Å². The summed E-state index contributed by atoms with van der Waals surface area (Å²) >= 11 is -0.348. The standard InChI is InChI=1S/C10H7.C7H10N.2ClH.Ti/c1-8-6-9-4-2-3-5-10(9)7-8;1-5-4-8-7(3)6(5)2;;;/h2-6H,1H2;8H,1-3H3;2*1H;/q;;;;+2/p-2. The Bertz CT molecular complexity index is 803. The number of aromatic amines is 1. The molecule has 21 heavy (non-hydrogen) atoms. The molecule has 2 aromatic rings. The molecule has 0 bridgehead atoms. The first-order valence-electron chi connectivity index (χ1n) is 6.51. The van der Waals surface area contributed by atoms with Gasteiger partial charge in [-0.3, -0.25) is 0 Å². The van der Waals surface area contributed by atoms with Crippen LogP contribution in [0.1, 0.15) is 16.8 Å². The minimum absolute atomic E-state index is 0. The summed E-state index contributed by atoms with van der Waals surface area (Å²) < 4.78 is 2.91. The molecule has 1 heterocycles. The van der Waals surface area contributed by atoms with E-state index in [0.29, 0.717) is 0 Å². The fourth-order valence-electron chi connectivity index (χ4n) is 2.52. The van der Waals surface area contributed by atoms with Gasteiger partial charge >= 0.3 is 123 Å². The largest absolute Gasteiger partial charge is 1.00 e. The van der Waals surface area contributed by atoms with Crippen molar-refractivity contribution in [2.75, 3.05) is 0 Å². The number of rotatable bonds is 2. The van der Waals surface area contributed by atoms with Gasteiger partial charge in [-0.2, -0.15) is 0 Å². The van der Waals surface area contributed by atoms with Crippen LogP contribution >= 0.6 is 0 Å². The van der Waals surface area contributed by atoms with Gasteiger partial charge in [-0.15, -0.1) is 0 Å². The van der Waals surface area contributed by atoms with Crippen molar-refractivity contribution in [3.8, 4) is 0 Å².